The molecule has 2 fully saturated rings. The van der Waals surface area contributed by atoms with Crippen LogP contribution in [0.2, 0.25) is 0 Å². The van der Waals surface area contributed by atoms with Gasteiger partial charge >= 0.3 is 0 Å². The van der Waals surface area contributed by atoms with Crippen LogP contribution in [0.15, 0.2) is 0 Å². The smallest absolute Gasteiger partial charge is 0.248 e. The predicted molar refractivity (Wildman–Crippen MR) is 67.9 cm³/mol. The highest BCUT2D eigenvalue weighted by molar-refractivity contribution is 4.89. The maximum absolute atomic E-state index is 13.5. The lowest BCUT2D eigenvalue weighted by Gasteiger charge is -2.41. The van der Waals surface area contributed by atoms with Crippen molar-refractivity contribution in [2.24, 2.45) is 11.3 Å². The van der Waals surface area contributed by atoms with E-state index in [4.69, 9.17) is 4.74 Å². The third-order valence-electron chi connectivity index (χ3n) is 4.42. The van der Waals surface area contributed by atoms with Crippen molar-refractivity contribution in [3.05, 3.63) is 0 Å². The van der Waals surface area contributed by atoms with Crippen LogP contribution < -0.4 is 5.32 Å². The fraction of sp³-hybridized carbons (Fsp3) is 1.00. The molecule has 0 radical (unpaired) electrons. The van der Waals surface area contributed by atoms with Crippen LogP contribution in [-0.2, 0) is 4.74 Å². The minimum absolute atomic E-state index is 0.0818. The number of ether oxygens (including phenoxy) is 1. The van der Waals surface area contributed by atoms with Gasteiger partial charge in [-0.15, -0.1) is 0 Å². The summed E-state index contributed by atoms with van der Waals surface area (Å²) < 4.78 is 32.5. The molecule has 18 heavy (non-hydrogen) atoms. The van der Waals surface area contributed by atoms with E-state index in [0.717, 1.165) is 45.4 Å². The highest BCUT2D eigenvalue weighted by atomic mass is 19.3. The average Bonchev–Trinajstić information content (AvgIpc) is 2.29. The zero-order chi connectivity index (χ0) is 13.1. The lowest BCUT2D eigenvalue weighted by atomic mass is 9.71. The molecule has 2 atom stereocenters. The second-order valence-corrected chi connectivity index (χ2v) is 6.21. The molecule has 0 aromatic rings. The molecule has 0 aromatic carbocycles. The third kappa shape index (κ3) is 3.64. The van der Waals surface area contributed by atoms with Crippen molar-refractivity contribution in [1.29, 1.82) is 0 Å². The molecule has 1 aliphatic heterocycles. The Morgan fingerprint density at radius 2 is 2.11 bits per heavy atom. The molecule has 1 N–H and O–H groups in total. The number of halogens is 2. The van der Waals surface area contributed by atoms with Crippen molar-refractivity contribution in [3.63, 3.8) is 0 Å². The first-order valence-electron chi connectivity index (χ1n) is 7.15. The molecule has 1 saturated heterocycles. The van der Waals surface area contributed by atoms with Crippen molar-refractivity contribution in [1.82, 2.24) is 5.32 Å². The van der Waals surface area contributed by atoms with E-state index in [0.29, 0.717) is 6.42 Å². The summed E-state index contributed by atoms with van der Waals surface area (Å²) in [5.74, 6) is -2.26. The Bertz CT molecular complexity index is 259. The number of alkyl halides is 2. The summed E-state index contributed by atoms with van der Waals surface area (Å²) in [4.78, 5) is 0. The Kier molecular flexibility index (Phi) is 4.59. The molecule has 106 valence electrons. The Hall–Kier alpha value is -0.220. The molecule has 0 bridgehead atoms. The molecule has 1 aliphatic carbocycles. The van der Waals surface area contributed by atoms with Crippen LogP contribution in [0.25, 0.3) is 0 Å². The first kappa shape index (κ1) is 14.2. The number of hydrogen-bond acceptors (Lipinski definition) is 2. The van der Waals surface area contributed by atoms with Crippen LogP contribution in [0.1, 0.15) is 44.9 Å². The summed E-state index contributed by atoms with van der Waals surface area (Å²) in [6, 6.07) is 0. The minimum Gasteiger partial charge on any atom is -0.381 e. The average molecular weight is 261 g/mol. The summed E-state index contributed by atoms with van der Waals surface area (Å²) >= 11 is 0. The van der Waals surface area contributed by atoms with Gasteiger partial charge in [-0.1, -0.05) is 0 Å². The van der Waals surface area contributed by atoms with Crippen molar-refractivity contribution < 1.29 is 13.5 Å². The quantitative estimate of drug-likeness (QED) is 0.839. The van der Waals surface area contributed by atoms with E-state index < -0.39 is 5.92 Å². The second-order valence-electron chi connectivity index (χ2n) is 6.21. The zero-order valence-corrected chi connectivity index (χ0v) is 11.3. The monoisotopic (exact) mass is 261 g/mol. The molecule has 1 saturated carbocycles. The number of rotatable bonds is 4. The van der Waals surface area contributed by atoms with Gasteiger partial charge in [0.25, 0.3) is 0 Å². The predicted octanol–water partition coefficient (Wildman–Crippen LogP) is 3.22. The van der Waals surface area contributed by atoms with E-state index >= 15 is 0 Å². The molecule has 0 spiro atoms. The molecule has 0 amide bonds. The summed E-state index contributed by atoms with van der Waals surface area (Å²) in [5.41, 5.74) is 0.0884. The van der Waals surface area contributed by atoms with Gasteiger partial charge in [0.15, 0.2) is 0 Å². The molecular formula is C14H25F2NO. The van der Waals surface area contributed by atoms with Gasteiger partial charge in [0.1, 0.15) is 0 Å². The Morgan fingerprint density at radius 1 is 1.28 bits per heavy atom. The fourth-order valence-electron chi connectivity index (χ4n) is 3.72. The van der Waals surface area contributed by atoms with E-state index in [1.165, 1.54) is 0 Å². The minimum atomic E-state index is -2.43. The van der Waals surface area contributed by atoms with E-state index in [-0.39, 0.29) is 24.2 Å². The lowest BCUT2D eigenvalue weighted by molar-refractivity contribution is -0.0733. The molecule has 2 aliphatic rings. The van der Waals surface area contributed by atoms with Gasteiger partial charge in [0.05, 0.1) is 6.61 Å². The van der Waals surface area contributed by atoms with Crippen molar-refractivity contribution in [3.8, 4) is 0 Å². The molecule has 2 unspecified atom stereocenters. The Morgan fingerprint density at radius 3 is 2.72 bits per heavy atom. The van der Waals surface area contributed by atoms with Crippen LogP contribution >= 0.6 is 0 Å². The molecule has 1 heterocycles. The maximum atomic E-state index is 13.5. The fourth-order valence-corrected chi connectivity index (χ4v) is 3.72. The van der Waals surface area contributed by atoms with E-state index in [1.807, 2.05) is 7.05 Å². The maximum Gasteiger partial charge on any atom is 0.248 e. The molecule has 2 nitrogen and oxygen atoms in total. The SMILES string of the molecule is CNCC1(CC2CCCC(F)(F)C2)CCCOC1. The summed E-state index contributed by atoms with van der Waals surface area (Å²) in [6.45, 7) is 2.44. The van der Waals surface area contributed by atoms with Crippen LogP contribution in [0.3, 0.4) is 0 Å². The van der Waals surface area contributed by atoms with Gasteiger partial charge in [-0.05, 0) is 45.1 Å². The number of nitrogens with one attached hydrogen (secondary N) is 1. The normalized spacial score (nSPS) is 36.5. The Labute approximate surface area is 108 Å². The van der Waals surface area contributed by atoms with Gasteiger partial charge in [-0.25, -0.2) is 8.78 Å². The Balaban J connectivity index is 1.95. The topological polar surface area (TPSA) is 21.3 Å². The van der Waals surface area contributed by atoms with Gasteiger partial charge in [-0.2, -0.15) is 0 Å². The zero-order valence-electron chi connectivity index (χ0n) is 11.3. The lowest BCUT2D eigenvalue weighted by Crippen LogP contribution is -2.42. The first-order chi connectivity index (χ1) is 8.55. The van der Waals surface area contributed by atoms with E-state index in [2.05, 4.69) is 5.32 Å². The standard InChI is InChI=1S/C14H25F2NO/c1-17-10-13(5-3-7-18-11-13)8-12-4-2-6-14(15,16)9-12/h12,17H,2-11H2,1H3. The van der Waals surface area contributed by atoms with Crippen molar-refractivity contribution in [2.75, 3.05) is 26.8 Å². The highest BCUT2D eigenvalue weighted by Gasteiger charge is 2.41. The largest absolute Gasteiger partial charge is 0.381 e. The number of hydrogen-bond donors (Lipinski definition) is 1. The summed E-state index contributed by atoms with van der Waals surface area (Å²) in [5, 5.41) is 3.22. The highest BCUT2D eigenvalue weighted by Crippen LogP contribution is 2.44. The van der Waals surface area contributed by atoms with Gasteiger partial charge in [-0.3, -0.25) is 0 Å². The van der Waals surface area contributed by atoms with Crippen LogP contribution in [0.5, 0.6) is 0 Å². The molecule has 0 aromatic heterocycles. The molecule has 4 heteroatoms. The van der Waals surface area contributed by atoms with Crippen LogP contribution in [0.4, 0.5) is 8.78 Å². The first-order valence-corrected chi connectivity index (χ1v) is 7.15. The summed E-state index contributed by atoms with van der Waals surface area (Å²) in [6.07, 6.45) is 4.86. The van der Waals surface area contributed by atoms with Gasteiger partial charge in [0.2, 0.25) is 5.92 Å². The van der Waals surface area contributed by atoms with Gasteiger partial charge < -0.3 is 10.1 Å². The van der Waals surface area contributed by atoms with Crippen molar-refractivity contribution >= 4 is 0 Å². The molecular weight excluding hydrogens is 236 g/mol. The summed E-state index contributed by atoms with van der Waals surface area (Å²) in [7, 11) is 1.94. The van der Waals surface area contributed by atoms with Crippen molar-refractivity contribution in [2.45, 2.75) is 50.9 Å². The third-order valence-corrected chi connectivity index (χ3v) is 4.42. The van der Waals surface area contributed by atoms with Crippen LogP contribution in [-0.4, -0.2) is 32.7 Å². The van der Waals surface area contributed by atoms with E-state index in [1.54, 1.807) is 0 Å². The molecule has 2 rings (SSSR count). The second kappa shape index (κ2) is 5.83. The van der Waals surface area contributed by atoms with Gasteiger partial charge in [0, 0.05) is 31.4 Å². The van der Waals surface area contributed by atoms with Crippen LogP contribution in [0, 0.1) is 11.3 Å². The van der Waals surface area contributed by atoms with E-state index in [9.17, 15) is 8.78 Å².